The molecule has 0 aliphatic rings. The number of unbranched alkanes of at least 4 members (excludes halogenated alkanes) is 12. The van der Waals surface area contributed by atoms with Crippen LogP contribution in [0.2, 0.25) is 0 Å². The Bertz CT molecular complexity index is 331. The maximum Gasteiger partial charge on any atom is 0.303 e. The number of rotatable bonds is 17. The van der Waals surface area contributed by atoms with Gasteiger partial charge in [0, 0.05) is 12.8 Å². The van der Waals surface area contributed by atoms with E-state index in [0.717, 1.165) is 25.7 Å². The Morgan fingerprint density at radius 3 is 1.07 bits per heavy atom. The SMILES string of the molecule is CC(O)CO.CCCCCCCC(=O)O.CCCCCCCCCCCC(=O)O. The van der Waals surface area contributed by atoms with Crippen LogP contribution in [-0.4, -0.2) is 45.1 Å². The summed E-state index contributed by atoms with van der Waals surface area (Å²) in [6.45, 7) is 5.77. The molecule has 0 aliphatic carbocycles. The van der Waals surface area contributed by atoms with Crippen LogP contribution >= 0.6 is 0 Å². The van der Waals surface area contributed by atoms with Crippen LogP contribution in [0.3, 0.4) is 0 Å². The zero-order valence-corrected chi connectivity index (χ0v) is 19.2. The van der Waals surface area contributed by atoms with E-state index < -0.39 is 18.0 Å². The van der Waals surface area contributed by atoms with Crippen LogP contribution in [0.5, 0.6) is 0 Å². The molecule has 0 amide bonds. The van der Waals surface area contributed by atoms with Crippen molar-refractivity contribution in [1.29, 1.82) is 0 Å². The van der Waals surface area contributed by atoms with E-state index in [1.54, 1.807) is 0 Å². The predicted octanol–water partition coefficient (Wildman–Crippen LogP) is 5.78. The minimum Gasteiger partial charge on any atom is -0.481 e. The Morgan fingerprint density at radius 2 is 0.862 bits per heavy atom. The topological polar surface area (TPSA) is 115 Å². The Hall–Kier alpha value is -1.14. The van der Waals surface area contributed by atoms with Gasteiger partial charge in [-0.05, 0) is 19.8 Å². The number of carbonyl (C=O) groups is 2. The number of aliphatic hydroxyl groups excluding tert-OH is 2. The summed E-state index contributed by atoms with van der Waals surface area (Å²) >= 11 is 0. The second kappa shape index (κ2) is 29.1. The molecule has 6 nitrogen and oxygen atoms in total. The molecule has 0 aromatic heterocycles. The van der Waals surface area contributed by atoms with Crippen molar-refractivity contribution in [3.63, 3.8) is 0 Å². The van der Waals surface area contributed by atoms with E-state index in [1.807, 2.05) is 0 Å². The molecule has 0 fully saturated rings. The zero-order chi connectivity index (χ0) is 22.8. The van der Waals surface area contributed by atoms with Crippen molar-refractivity contribution >= 4 is 11.9 Å². The molecule has 1 unspecified atom stereocenters. The quantitative estimate of drug-likeness (QED) is 0.222. The number of hydrogen-bond donors (Lipinski definition) is 4. The maximum atomic E-state index is 10.2. The summed E-state index contributed by atoms with van der Waals surface area (Å²) < 4.78 is 0. The zero-order valence-electron chi connectivity index (χ0n) is 19.2. The summed E-state index contributed by atoms with van der Waals surface area (Å²) in [7, 11) is 0. The van der Waals surface area contributed by atoms with Gasteiger partial charge in [0.2, 0.25) is 0 Å². The second-order valence-corrected chi connectivity index (χ2v) is 7.56. The summed E-state index contributed by atoms with van der Waals surface area (Å²) in [6, 6.07) is 0. The standard InChI is InChI=1S/C12H24O2.C8H16O2.C3H8O2/c1-2-3-4-5-6-7-8-9-10-11-12(13)14;1-2-3-4-5-6-7-8(9)10;1-3(5)2-4/h2-11H2,1H3,(H,13,14);2-7H2,1H3,(H,9,10);3-5H,2H2,1H3. The van der Waals surface area contributed by atoms with E-state index in [0.29, 0.717) is 12.8 Å². The first kappa shape index (κ1) is 32.5. The first-order chi connectivity index (χ1) is 13.8. The summed E-state index contributed by atoms with van der Waals surface area (Å²) in [6.07, 6.45) is 16.8. The van der Waals surface area contributed by atoms with Crippen molar-refractivity contribution in [2.75, 3.05) is 6.61 Å². The monoisotopic (exact) mass is 420 g/mol. The summed E-state index contributed by atoms with van der Waals surface area (Å²) in [5.74, 6) is -1.33. The number of carboxylic acids is 2. The van der Waals surface area contributed by atoms with Gasteiger partial charge < -0.3 is 20.4 Å². The molecule has 0 saturated heterocycles. The Labute approximate surface area is 178 Å². The second-order valence-electron chi connectivity index (χ2n) is 7.56. The van der Waals surface area contributed by atoms with Crippen LogP contribution in [0.15, 0.2) is 0 Å². The molecule has 4 N–H and O–H groups in total. The molecule has 0 aromatic rings. The minimum atomic E-state index is -0.670. The van der Waals surface area contributed by atoms with Crippen LogP contribution in [0.25, 0.3) is 0 Å². The van der Waals surface area contributed by atoms with Gasteiger partial charge in [-0.1, -0.05) is 90.9 Å². The lowest BCUT2D eigenvalue weighted by atomic mass is 10.1. The number of aliphatic hydroxyl groups is 2. The lowest BCUT2D eigenvalue weighted by Gasteiger charge is -2.00. The van der Waals surface area contributed by atoms with Crippen molar-refractivity contribution in [2.24, 2.45) is 0 Å². The smallest absolute Gasteiger partial charge is 0.303 e. The predicted molar refractivity (Wildman–Crippen MR) is 119 cm³/mol. The lowest BCUT2D eigenvalue weighted by Crippen LogP contribution is -2.03. The largest absolute Gasteiger partial charge is 0.481 e. The highest BCUT2D eigenvalue weighted by Crippen LogP contribution is 2.10. The van der Waals surface area contributed by atoms with E-state index in [1.165, 1.54) is 71.1 Å². The first-order valence-corrected chi connectivity index (χ1v) is 11.5. The van der Waals surface area contributed by atoms with Gasteiger partial charge in [-0.15, -0.1) is 0 Å². The van der Waals surface area contributed by atoms with E-state index in [4.69, 9.17) is 20.4 Å². The van der Waals surface area contributed by atoms with Crippen LogP contribution in [0.4, 0.5) is 0 Å². The number of hydrogen-bond acceptors (Lipinski definition) is 4. The molecular weight excluding hydrogens is 372 g/mol. The third kappa shape index (κ3) is 46.7. The molecule has 1 atom stereocenters. The highest BCUT2D eigenvalue weighted by atomic mass is 16.4. The van der Waals surface area contributed by atoms with Gasteiger partial charge in [-0.2, -0.15) is 0 Å². The van der Waals surface area contributed by atoms with E-state index in [9.17, 15) is 9.59 Å². The van der Waals surface area contributed by atoms with Gasteiger partial charge in [0.1, 0.15) is 0 Å². The fourth-order valence-corrected chi connectivity index (χ4v) is 2.47. The van der Waals surface area contributed by atoms with Crippen LogP contribution in [0, 0.1) is 0 Å². The molecule has 0 rings (SSSR count). The average Bonchev–Trinajstić information content (AvgIpc) is 2.67. The molecule has 0 radical (unpaired) electrons. The third-order valence-electron chi connectivity index (χ3n) is 4.25. The van der Waals surface area contributed by atoms with Crippen molar-refractivity contribution in [3.05, 3.63) is 0 Å². The van der Waals surface area contributed by atoms with Crippen molar-refractivity contribution in [1.82, 2.24) is 0 Å². The molecule has 0 spiro atoms. The molecule has 176 valence electrons. The van der Waals surface area contributed by atoms with Crippen molar-refractivity contribution in [2.45, 2.75) is 130 Å². The molecule has 0 aliphatic heterocycles. The average molecular weight is 421 g/mol. The number of aliphatic carboxylic acids is 2. The molecule has 0 heterocycles. The van der Waals surface area contributed by atoms with Crippen molar-refractivity contribution in [3.8, 4) is 0 Å². The van der Waals surface area contributed by atoms with Crippen LogP contribution in [-0.2, 0) is 9.59 Å². The van der Waals surface area contributed by atoms with Crippen LogP contribution < -0.4 is 0 Å². The normalized spacial score (nSPS) is 10.9. The van der Waals surface area contributed by atoms with E-state index in [-0.39, 0.29) is 6.61 Å². The van der Waals surface area contributed by atoms with Gasteiger partial charge in [0.15, 0.2) is 0 Å². The Balaban J connectivity index is -0.000000392. The highest BCUT2D eigenvalue weighted by molar-refractivity contribution is 5.66. The molecular formula is C23H48O6. The third-order valence-corrected chi connectivity index (χ3v) is 4.25. The molecule has 0 aromatic carbocycles. The Morgan fingerprint density at radius 1 is 0.621 bits per heavy atom. The first-order valence-electron chi connectivity index (χ1n) is 11.5. The molecule has 0 saturated carbocycles. The fraction of sp³-hybridized carbons (Fsp3) is 0.913. The van der Waals surface area contributed by atoms with E-state index >= 15 is 0 Å². The fourth-order valence-electron chi connectivity index (χ4n) is 2.47. The molecule has 29 heavy (non-hydrogen) atoms. The highest BCUT2D eigenvalue weighted by Gasteiger charge is 1.96. The van der Waals surface area contributed by atoms with Gasteiger partial charge in [-0.3, -0.25) is 9.59 Å². The Kier molecular flexibility index (Phi) is 32.6. The minimum absolute atomic E-state index is 0.139. The van der Waals surface area contributed by atoms with Crippen LogP contribution in [0.1, 0.15) is 124 Å². The van der Waals surface area contributed by atoms with E-state index in [2.05, 4.69) is 13.8 Å². The molecule has 0 bridgehead atoms. The number of carboxylic acid groups (broad SMARTS) is 2. The van der Waals surface area contributed by atoms with Crippen molar-refractivity contribution < 1.29 is 30.0 Å². The van der Waals surface area contributed by atoms with Gasteiger partial charge in [0.25, 0.3) is 0 Å². The van der Waals surface area contributed by atoms with Gasteiger partial charge in [0.05, 0.1) is 12.7 Å². The summed E-state index contributed by atoms with van der Waals surface area (Å²) in [4.78, 5) is 20.2. The lowest BCUT2D eigenvalue weighted by molar-refractivity contribution is -0.138. The summed E-state index contributed by atoms with van der Waals surface area (Å²) in [5.41, 5.74) is 0. The molecule has 6 heteroatoms. The summed E-state index contributed by atoms with van der Waals surface area (Å²) in [5, 5.41) is 32.7. The van der Waals surface area contributed by atoms with Gasteiger partial charge >= 0.3 is 11.9 Å². The van der Waals surface area contributed by atoms with Gasteiger partial charge in [-0.25, -0.2) is 0 Å². The maximum absolute atomic E-state index is 10.2.